The second-order valence-electron chi connectivity index (χ2n) is 6.22. The first-order chi connectivity index (χ1) is 12.7. The maximum absolute atomic E-state index is 12.3. The van der Waals surface area contributed by atoms with Gasteiger partial charge < -0.3 is 10.4 Å². The molecule has 0 saturated heterocycles. The molecule has 2 aromatic carbocycles. The molecule has 0 saturated carbocycles. The maximum atomic E-state index is 12.3. The SMILES string of the molecule is O=C1CC(c2cccc(O)c2)c2cnn(-c3nc4ccccc4s3)c2N1. The number of thiazole rings is 1. The molecule has 0 bridgehead atoms. The summed E-state index contributed by atoms with van der Waals surface area (Å²) in [5, 5.41) is 17.9. The molecule has 4 aromatic rings. The van der Waals surface area contributed by atoms with Crippen LogP contribution in [0.4, 0.5) is 5.82 Å². The number of phenolic OH excluding ortho intramolecular Hbond substituents is 1. The summed E-state index contributed by atoms with van der Waals surface area (Å²) in [7, 11) is 0. The number of nitrogens with one attached hydrogen (secondary N) is 1. The second-order valence-corrected chi connectivity index (χ2v) is 7.23. The Morgan fingerprint density at radius 2 is 2.08 bits per heavy atom. The highest BCUT2D eigenvalue weighted by atomic mass is 32.1. The minimum Gasteiger partial charge on any atom is -0.508 e. The molecular formula is C19H14N4O2S. The first kappa shape index (κ1) is 15.1. The van der Waals surface area contributed by atoms with Crippen LogP contribution in [0.25, 0.3) is 15.3 Å². The molecule has 2 N–H and O–H groups in total. The Labute approximate surface area is 152 Å². The van der Waals surface area contributed by atoms with Crippen LogP contribution < -0.4 is 5.32 Å². The van der Waals surface area contributed by atoms with Crippen molar-refractivity contribution in [3.63, 3.8) is 0 Å². The first-order valence-electron chi connectivity index (χ1n) is 8.22. The number of hydrogen-bond donors (Lipinski definition) is 2. The second kappa shape index (κ2) is 5.67. The van der Waals surface area contributed by atoms with Gasteiger partial charge in [-0.25, -0.2) is 4.98 Å². The Balaban J connectivity index is 1.64. The van der Waals surface area contributed by atoms with Gasteiger partial charge in [-0.15, -0.1) is 0 Å². The Hall–Kier alpha value is -3.19. The quantitative estimate of drug-likeness (QED) is 0.570. The Morgan fingerprint density at radius 3 is 2.92 bits per heavy atom. The van der Waals surface area contributed by atoms with Gasteiger partial charge >= 0.3 is 0 Å². The zero-order valence-corrected chi connectivity index (χ0v) is 14.4. The summed E-state index contributed by atoms with van der Waals surface area (Å²) in [6.45, 7) is 0. The third kappa shape index (κ3) is 2.36. The van der Waals surface area contributed by atoms with Crippen LogP contribution in [0.3, 0.4) is 0 Å². The maximum Gasteiger partial charge on any atom is 0.226 e. The summed E-state index contributed by atoms with van der Waals surface area (Å²) >= 11 is 1.53. The van der Waals surface area contributed by atoms with Crippen LogP contribution in [0.2, 0.25) is 0 Å². The van der Waals surface area contributed by atoms with E-state index < -0.39 is 0 Å². The minimum atomic E-state index is -0.144. The third-order valence-electron chi connectivity index (χ3n) is 4.56. The van der Waals surface area contributed by atoms with Crippen molar-refractivity contribution in [3.05, 3.63) is 65.9 Å². The number of nitrogens with zero attached hydrogens (tertiary/aromatic N) is 3. The molecule has 1 aliphatic rings. The van der Waals surface area contributed by atoms with Gasteiger partial charge in [0.15, 0.2) is 0 Å². The fourth-order valence-corrected chi connectivity index (χ4v) is 4.28. The lowest BCUT2D eigenvalue weighted by Crippen LogP contribution is -2.24. The summed E-state index contributed by atoms with van der Waals surface area (Å²) in [5.41, 5.74) is 2.72. The summed E-state index contributed by atoms with van der Waals surface area (Å²) in [4.78, 5) is 16.9. The molecule has 1 atom stereocenters. The molecule has 3 heterocycles. The van der Waals surface area contributed by atoms with E-state index in [1.807, 2.05) is 30.3 Å². The molecule has 2 aromatic heterocycles. The summed E-state index contributed by atoms with van der Waals surface area (Å²) in [6, 6.07) is 14.9. The van der Waals surface area contributed by atoms with E-state index in [9.17, 15) is 9.90 Å². The smallest absolute Gasteiger partial charge is 0.226 e. The Kier molecular flexibility index (Phi) is 3.29. The predicted octanol–water partition coefficient (Wildman–Crippen LogP) is 3.66. The molecule has 1 amide bonds. The molecule has 0 aliphatic carbocycles. The predicted molar refractivity (Wildman–Crippen MR) is 99.9 cm³/mol. The summed E-state index contributed by atoms with van der Waals surface area (Å²) in [6.07, 6.45) is 2.09. The van der Waals surface area contributed by atoms with E-state index in [0.717, 1.165) is 21.3 Å². The number of fused-ring (bicyclic) bond motifs is 2. The molecule has 5 rings (SSSR count). The van der Waals surface area contributed by atoms with Crippen molar-refractivity contribution in [1.29, 1.82) is 0 Å². The average Bonchev–Trinajstić information content (AvgIpc) is 3.24. The van der Waals surface area contributed by atoms with Crippen LogP contribution in [-0.4, -0.2) is 25.8 Å². The van der Waals surface area contributed by atoms with E-state index in [4.69, 9.17) is 0 Å². The van der Waals surface area contributed by atoms with Crippen molar-refractivity contribution in [2.75, 3.05) is 5.32 Å². The van der Waals surface area contributed by atoms with Crippen LogP contribution in [0.15, 0.2) is 54.7 Å². The lowest BCUT2D eigenvalue weighted by molar-refractivity contribution is -0.116. The van der Waals surface area contributed by atoms with Crippen LogP contribution in [-0.2, 0) is 4.79 Å². The van der Waals surface area contributed by atoms with Crippen molar-refractivity contribution in [3.8, 4) is 10.9 Å². The lowest BCUT2D eigenvalue weighted by atomic mass is 9.87. The number of aromatic nitrogens is 3. The largest absolute Gasteiger partial charge is 0.508 e. The van der Waals surface area contributed by atoms with Gasteiger partial charge in [0.2, 0.25) is 11.0 Å². The van der Waals surface area contributed by atoms with Crippen LogP contribution in [0, 0.1) is 0 Å². The number of para-hydroxylation sites is 1. The standard InChI is InChI=1S/C19H14N4O2S/c24-12-5-3-4-11(8-12)13-9-17(25)22-18-14(13)10-20-23(18)19-21-15-6-1-2-7-16(15)26-19/h1-8,10,13,24H,9H2,(H,22,25). The number of rotatable bonds is 2. The van der Waals surface area contributed by atoms with Gasteiger partial charge in [0, 0.05) is 17.9 Å². The number of benzene rings is 2. The zero-order valence-electron chi connectivity index (χ0n) is 13.6. The lowest BCUT2D eigenvalue weighted by Gasteiger charge is -2.23. The number of anilines is 1. The molecule has 0 radical (unpaired) electrons. The Bertz CT molecular complexity index is 1110. The molecular weight excluding hydrogens is 348 g/mol. The molecule has 0 fully saturated rings. The van der Waals surface area contributed by atoms with E-state index in [0.29, 0.717) is 17.4 Å². The molecule has 7 heteroatoms. The number of carbonyl (C=O) groups excluding carboxylic acids is 1. The van der Waals surface area contributed by atoms with Gasteiger partial charge in [-0.3, -0.25) is 4.79 Å². The van der Waals surface area contributed by atoms with Crippen molar-refractivity contribution in [2.24, 2.45) is 0 Å². The molecule has 1 aliphatic heterocycles. The summed E-state index contributed by atoms with van der Waals surface area (Å²) in [5.74, 6) is 0.616. The highest BCUT2D eigenvalue weighted by Crippen LogP contribution is 2.39. The first-order valence-corrected chi connectivity index (χ1v) is 9.03. The number of aromatic hydroxyl groups is 1. The molecule has 128 valence electrons. The number of phenols is 1. The van der Waals surface area contributed by atoms with Crippen molar-refractivity contribution in [2.45, 2.75) is 12.3 Å². The van der Waals surface area contributed by atoms with Crippen molar-refractivity contribution < 1.29 is 9.90 Å². The average molecular weight is 362 g/mol. The monoisotopic (exact) mass is 362 g/mol. The molecule has 1 unspecified atom stereocenters. The van der Waals surface area contributed by atoms with E-state index in [-0.39, 0.29) is 17.6 Å². The van der Waals surface area contributed by atoms with E-state index in [1.54, 1.807) is 29.1 Å². The van der Waals surface area contributed by atoms with Crippen molar-refractivity contribution in [1.82, 2.24) is 14.8 Å². The highest BCUT2D eigenvalue weighted by molar-refractivity contribution is 7.20. The summed E-state index contributed by atoms with van der Waals surface area (Å²) < 4.78 is 2.76. The Morgan fingerprint density at radius 1 is 1.19 bits per heavy atom. The minimum absolute atomic E-state index is 0.0753. The van der Waals surface area contributed by atoms with Crippen LogP contribution >= 0.6 is 11.3 Å². The van der Waals surface area contributed by atoms with Crippen LogP contribution in [0.5, 0.6) is 5.75 Å². The van der Waals surface area contributed by atoms with Gasteiger partial charge in [0.25, 0.3) is 0 Å². The topological polar surface area (TPSA) is 80.0 Å². The van der Waals surface area contributed by atoms with Gasteiger partial charge in [-0.1, -0.05) is 35.6 Å². The van der Waals surface area contributed by atoms with Gasteiger partial charge in [0.1, 0.15) is 11.6 Å². The van der Waals surface area contributed by atoms with Crippen LogP contribution in [0.1, 0.15) is 23.5 Å². The van der Waals surface area contributed by atoms with Gasteiger partial charge in [0.05, 0.1) is 16.4 Å². The number of amides is 1. The molecule has 0 spiro atoms. The van der Waals surface area contributed by atoms with E-state index >= 15 is 0 Å². The fourth-order valence-electron chi connectivity index (χ4n) is 3.35. The highest BCUT2D eigenvalue weighted by Gasteiger charge is 2.31. The molecule has 26 heavy (non-hydrogen) atoms. The van der Waals surface area contributed by atoms with Gasteiger partial charge in [-0.05, 0) is 29.8 Å². The van der Waals surface area contributed by atoms with Gasteiger partial charge in [-0.2, -0.15) is 9.78 Å². The molecule has 6 nitrogen and oxygen atoms in total. The normalized spacial score (nSPS) is 16.5. The van der Waals surface area contributed by atoms with E-state index in [2.05, 4.69) is 15.4 Å². The third-order valence-corrected chi connectivity index (χ3v) is 5.57. The number of hydrogen-bond acceptors (Lipinski definition) is 5. The zero-order chi connectivity index (χ0) is 17.7. The van der Waals surface area contributed by atoms with Crippen molar-refractivity contribution >= 4 is 33.3 Å². The number of carbonyl (C=O) groups is 1. The fraction of sp³-hybridized carbons (Fsp3) is 0.105. The van der Waals surface area contributed by atoms with E-state index in [1.165, 1.54) is 11.3 Å².